The minimum atomic E-state index is -2.74. The topological polar surface area (TPSA) is 155 Å². The van der Waals surface area contributed by atoms with Crippen LogP contribution < -0.4 is 5.73 Å². The first kappa shape index (κ1) is 30.4. The van der Waals surface area contributed by atoms with Crippen molar-refractivity contribution in [3.8, 4) is 16.9 Å². The number of nitrogens with zero attached hydrogens (tertiary/aromatic N) is 1. The first-order valence-corrected chi connectivity index (χ1v) is 16.2. The first-order chi connectivity index (χ1) is 21.9. The Morgan fingerprint density at radius 3 is 2.28 bits per heavy atom. The predicted molar refractivity (Wildman–Crippen MR) is 170 cm³/mol. The molecule has 9 heteroatoms. The lowest BCUT2D eigenvalue weighted by atomic mass is 9.52. The van der Waals surface area contributed by atoms with Crippen molar-refractivity contribution in [2.45, 2.75) is 56.6 Å². The van der Waals surface area contributed by atoms with Crippen LogP contribution in [0.4, 0.5) is 0 Å². The van der Waals surface area contributed by atoms with Gasteiger partial charge in [0.15, 0.2) is 34.7 Å². The summed E-state index contributed by atoms with van der Waals surface area (Å²) >= 11 is 0. The Morgan fingerprint density at radius 2 is 1.61 bits per heavy atom. The Labute approximate surface area is 266 Å². The number of amides is 1. The number of ketones is 4. The maximum atomic E-state index is 14.2. The van der Waals surface area contributed by atoms with E-state index in [4.69, 9.17) is 5.73 Å². The van der Waals surface area contributed by atoms with Crippen LogP contribution in [0.2, 0.25) is 0 Å². The van der Waals surface area contributed by atoms with Crippen LogP contribution in [0, 0.1) is 29.6 Å². The van der Waals surface area contributed by atoms with Crippen molar-refractivity contribution in [2.24, 2.45) is 35.3 Å². The number of likely N-dealkylation sites (N-methyl/N-ethyl adjacent to an activating group) is 1. The van der Waals surface area contributed by atoms with Gasteiger partial charge in [0.25, 0.3) is 0 Å². The fourth-order valence-electron chi connectivity index (χ4n) is 9.16. The number of hydrogen-bond donors (Lipinski definition) is 3. The fourth-order valence-corrected chi connectivity index (χ4v) is 9.16. The van der Waals surface area contributed by atoms with Crippen molar-refractivity contribution < 1.29 is 34.2 Å². The van der Waals surface area contributed by atoms with Crippen molar-refractivity contribution >= 4 is 39.8 Å². The molecule has 3 aromatic carbocycles. The van der Waals surface area contributed by atoms with E-state index >= 15 is 0 Å². The second-order valence-electron chi connectivity index (χ2n) is 13.9. The maximum Gasteiger partial charge on any atom is 0.235 e. The van der Waals surface area contributed by atoms with Gasteiger partial charge in [0.05, 0.1) is 17.5 Å². The molecule has 0 heterocycles. The number of nitrogens with two attached hydrogens (primary N) is 1. The summed E-state index contributed by atoms with van der Waals surface area (Å²) in [6.07, 6.45) is 6.23. The van der Waals surface area contributed by atoms with E-state index in [0.29, 0.717) is 11.5 Å². The summed E-state index contributed by atoms with van der Waals surface area (Å²) in [5, 5.41) is 25.0. The molecule has 0 aromatic heterocycles. The van der Waals surface area contributed by atoms with Gasteiger partial charge in [0.2, 0.25) is 5.91 Å². The molecule has 1 amide bonds. The number of phenols is 1. The molecule has 4 N–H and O–H groups in total. The molecule has 4 aliphatic rings. The van der Waals surface area contributed by atoms with E-state index < -0.39 is 64.4 Å². The van der Waals surface area contributed by atoms with Crippen molar-refractivity contribution in [1.29, 1.82) is 0 Å². The van der Waals surface area contributed by atoms with Gasteiger partial charge in [-0.2, -0.15) is 0 Å². The monoisotopic (exact) mass is 622 g/mol. The van der Waals surface area contributed by atoms with Gasteiger partial charge >= 0.3 is 0 Å². The highest BCUT2D eigenvalue weighted by atomic mass is 16.3. The highest BCUT2D eigenvalue weighted by Gasteiger charge is 2.69. The highest BCUT2D eigenvalue weighted by molar-refractivity contribution is 6.32. The molecule has 0 radical (unpaired) electrons. The molecule has 3 aromatic rings. The van der Waals surface area contributed by atoms with E-state index in [1.807, 2.05) is 12.1 Å². The lowest BCUT2D eigenvalue weighted by Crippen LogP contribution is -2.74. The van der Waals surface area contributed by atoms with Gasteiger partial charge in [-0.1, -0.05) is 68.1 Å². The van der Waals surface area contributed by atoms with Crippen molar-refractivity contribution in [2.75, 3.05) is 14.1 Å². The fraction of sp³-hybridized carbons (Fsp3) is 0.432. The van der Waals surface area contributed by atoms with Gasteiger partial charge in [-0.25, -0.2) is 0 Å². The minimum Gasteiger partial charge on any atom is -0.507 e. The quantitative estimate of drug-likeness (QED) is 0.366. The van der Waals surface area contributed by atoms with Crippen LogP contribution in [0.1, 0.15) is 53.6 Å². The van der Waals surface area contributed by atoms with Crippen LogP contribution in [0.15, 0.2) is 48.5 Å². The van der Waals surface area contributed by atoms with Crippen molar-refractivity contribution in [1.82, 2.24) is 4.90 Å². The molecule has 7 rings (SSSR count). The summed E-state index contributed by atoms with van der Waals surface area (Å²) in [6, 6.07) is 14.5. The third kappa shape index (κ3) is 4.32. The number of rotatable bonds is 5. The summed E-state index contributed by atoms with van der Waals surface area (Å²) in [5.74, 6) is -9.82. The molecule has 3 fully saturated rings. The zero-order valence-electron chi connectivity index (χ0n) is 26.0. The highest BCUT2D eigenvalue weighted by Crippen LogP contribution is 2.52. The molecule has 0 saturated heterocycles. The van der Waals surface area contributed by atoms with Crippen LogP contribution in [0.5, 0.6) is 5.75 Å². The third-order valence-electron chi connectivity index (χ3n) is 11.2. The van der Waals surface area contributed by atoms with Crippen LogP contribution in [0.25, 0.3) is 21.9 Å². The molecule has 0 spiro atoms. The number of hydrogen-bond acceptors (Lipinski definition) is 8. The Kier molecular flexibility index (Phi) is 7.25. The molecular formula is C37H38N2O7. The van der Waals surface area contributed by atoms with Gasteiger partial charge in [0.1, 0.15) is 5.75 Å². The van der Waals surface area contributed by atoms with E-state index in [1.54, 1.807) is 20.2 Å². The van der Waals surface area contributed by atoms with Gasteiger partial charge in [-0.3, -0.25) is 28.9 Å². The minimum absolute atomic E-state index is 0.00297. The van der Waals surface area contributed by atoms with Gasteiger partial charge in [0, 0.05) is 5.92 Å². The average molecular weight is 623 g/mol. The number of phenolic OH excluding ortho intramolecular Hbond substituents is 1. The molecule has 3 saturated carbocycles. The van der Waals surface area contributed by atoms with Crippen LogP contribution in [-0.4, -0.2) is 69.9 Å². The number of benzene rings is 3. The summed E-state index contributed by atoms with van der Waals surface area (Å²) in [7, 11) is 3.15. The lowest BCUT2D eigenvalue weighted by molar-refractivity contribution is -0.181. The molecular weight excluding hydrogens is 584 g/mol. The number of aromatic hydroxyl groups is 1. The normalized spacial score (nSPS) is 29.6. The van der Waals surface area contributed by atoms with Crippen molar-refractivity contribution in [3.63, 3.8) is 0 Å². The molecule has 0 bridgehead atoms. The average Bonchev–Trinajstić information content (AvgIpc) is 3.52. The number of Topliss-reactive ketones (excluding diaryl/α,β-unsaturated/α-hetero) is 4. The van der Waals surface area contributed by atoms with E-state index in [1.165, 1.54) is 42.2 Å². The molecule has 238 valence electrons. The molecule has 0 aliphatic heterocycles. The first-order valence-electron chi connectivity index (χ1n) is 16.2. The van der Waals surface area contributed by atoms with Crippen LogP contribution in [-0.2, 0) is 32.0 Å². The smallest absolute Gasteiger partial charge is 0.235 e. The molecule has 4 aliphatic carbocycles. The Hall–Kier alpha value is -4.21. The predicted octanol–water partition coefficient (Wildman–Crippen LogP) is 3.42. The number of aliphatic hydroxyl groups is 1. The Morgan fingerprint density at radius 1 is 0.935 bits per heavy atom. The zero-order chi connectivity index (χ0) is 32.7. The largest absolute Gasteiger partial charge is 0.507 e. The summed E-state index contributed by atoms with van der Waals surface area (Å²) in [4.78, 5) is 69.0. The van der Waals surface area contributed by atoms with E-state index in [2.05, 4.69) is 24.3 Å². The van der Waals surface area contributed by atoms with E-state index in [-0.39, 0.29) is 24.2 Å². The second-order valence-corrected chi connectivity index (χ2v) is 13.9. The van der Waals surface area contributed by atoms with Gasteiger partial charge in [-0.15, -0.1) is 0 Å². The molecule has 2 unspecified atom stereocenters. The maximum absolute atomic E-state index is 14.2. The van der Waals surface area contributed by atoms with Gasteiger partial charge < -0.3 is 15.9 Å². The van der Waals surface area contributed by atoms with Crippen molar-refractivity contribution in [3.05, 3.63) is 65.2 Å². The van der Waals surface area contributed by atoms with Crippen LogP contribution in [0.3, 0.4) is 0 Å². The van der Waals surface area contributed by atoms with E-state index in [9.17, 15) is 34.2 Å². The van der Waals surface area contributed by atoms with Gasteiger partial charge in [-0.05, 0) is 84.3 Å². The summed E-state index contributed by atoms with van der Waals surface area (Å²) in [6.45, 7) is 0. The standard InChI is InChI=1S/C37H38N2O7/c1-39(2)31-26-17-20-16-25-24(23-12-11-19(15-18-7-3-4-8-18)21-9-5-6-10-22(21)23)13-14-27(40)29(25)32(41)28(20)34(43)37(26,46)35(44)30(33(31)42)36(38)45/h5-6,9-14,18,20,26,28,30-31,40,46H,3-4,7-8,15-17H2,1-2H3,(H2,38,45)/t20-,26-,28?,30?,31+,37-/m0/s1. The molecule has 6 atom stereocenters. The number of primary amides is 1. The van der Waals surface area contributed by atoms with E-state index in [0.717, 1.165) is 28.3 Å². The summed E-state index contributed by atoms with van der Waals surface area (Å²) < 4.78 is 0. The summed E-state index contributed by atoms with van der Waals surface area (Å²) in [5.41, 5.74) is 6.24. The third-order valence-corrected chi connectivity index (χ3v) is 11.2. The number of fused-ring (bicyclic) bond motifs is 4. The Balaban J connectivity index is 1.34. The van der Waals surface area contributed by atoms with Crippen LogP contribution >= 0.6 is 0 Å². The number of carbonyl (C=O) groups excluding carboxylic acids is 5. The lowest BCUT2D eigenvalue weighted by Gasteiger charge is -2.52. The molecule has 46 heavy (non-hydrogen) atoms. The molecule has 9 nitrogen and oxygen atoms in total. The SMILES string of the molecule is CN(C)[C@H]1C(=O)C(C(N)=O)C(=O)[C@@]2(O)C(=O)C3C(=O)c4c(O)ccc(-c5ccc(CC6CCCC6)c6ccccc56)c4C[C@H]3C[C@@H]12. The Bertz CT molecular complexity index is 1840. The zero-order valence-corrected chi connectivity index (χ0v) is 26.0. The number of carbonyl (C=O) groups is 5. The second kappa shape index (κ2) is 11.0.